The predicted molar refractivity (Wildman–Crippen MR) is 97.4 cm³/mol. The number of rotatable bonds is 5. The van der Waals surface area contributed by atoms with E-state index >= 15 is 0 Å². The Morgan fingerprint density at radius 2 is 1.69 bits per heavy atom. The summed E-state index contributed by atoms with van der Waals surface area (Å²) in [5.74, 6) is -0.158. The average Bonchev–Trinajstić information content (AvgIpc) is 2.68. The molecule has 1 aliphatic rings. The van der Waals surface area contributed by atoms with Gasteiger partial charge in [-0.3, -0.25) is 9.69 Å². The van der Waals surface area contributed by atoms with E-state index in [0.717, 1.165) is 38.0 Å². The van der Waals surface area contributed by atoms with Crippen LogP contribution in [0.3, 0.4) is 0 Å². The van der Waals surface area contributed by atoms with E-state index in [9.17, 15) is 9.18 Å². The summed E-state index contributed by atoms with van der Waals surface area (Å²) >= 11 is 0. The van der Waals surface area contributed by atoms with Gasteiger partial charge in [0.25, 0.3) is 0 Å². The Morgan fingerprint density at radius 3 is 2.31 bits per heavy atom. The second kappa shape index (κ2) is 8.59. The van der Waals surface area contributed by atoms with Gasteiger partial charge in [-0.05, 0) is 61.3 Å². The molecule has 0 aliphatic carbocycles. The molecule has 1 fully saturated rings. The molecule has 0 unspecified atom stereocenters. The van der Waals surface area contributed by atoms with Crippen LogP contribution in [0, 0.1) is 23.1 Å². The van der Waals surface area contributed by atoms with E-state index in [1.54, 1.807) is 12.1 Å². The highest BCUT2D eigenvalue weighted by molar-refractivity contribution is 5.78. The number of piperidine rings is 1. The molecule has 0 saturated carbocycles. The Balaban J connectivity index is 1.43. The molecule has 26 heavy (non-hydrogen) atoms. The summed E-state index contributed by atoms with van der Waals surface area (Å²) in [4.78, 5) is 14.7. The summed E-state index contributed by atoms with van der Waals surface area (Å²) in [6, 6.07) is 16.0. The number of carbonyl (C=O) groups is 1. The Hall–Kier alpha value is -2.71. The number of nitriles is 1. The molecule has 134 valence electrons. The first kappa shape index (κ1) is 18.1. The Morgan fingerprint density at radius 1 is 1.08 bits per heavy atom. The number of halogens is 1. The van der Waals surface area contributed by atoms with E-state index in [-0.39, 0.29) is 17.6 Å². The maximum absolute atomic E-state index is 12.9. The lowest BCUT2D eigenvalue weighted by Gasteiger charge is -2.31. The van der Waals surface area contributed by atoms with Gasteiger partial charge in [0.2, 0.25) is 5.91 Å². The fourth-order valence-corrected chi connectivity index (χ4v) is 3.23. The number of nitrogens with one attached hydrogen (secondary N) is 1. The molecule has 1 N–H and O–H groups in total. The molecule has 0 spiro atoms. The minimum atomic E-state index is -0.269. The van der Waals surface area contributed by atoms with Gasteiger partial charge in [-0.1, -0.05) is 24.3 Å². The number of carbonyl (C=O) groups excluding carboxylic acids is 1. The predicted octanol–water partition coefficient (Wildman–Crippen LogP) is 3.23. The minimum Gasteiger partial charge on any atom is -0.352 e. The van der Waals surface area contributed by atoms with Crippen molar-refractivity contribution in [1.29, 1.82) is 5.26 Å². The number of amides is 1. The molecule has 3 rings (SSSR count). The zero-order chi connectivity index (χ0) is 18.4. The molecule has 5 heteroatoms. The van der Waals surface area contributed by atoms with Gasteiger partial charge in [0.15, 0.2) is 0 Å². The molecule has 1 heterocycles. The molecule has 4 nitrogen and oxygen atoms in total. The molecule has 0 bridgehead atoms. The topological polar surface area (TPSA) is 56.1 Å². The normalized spacial score (nSPS) is 15.4. The van der Waals surface area contributed by atoms with Gasteiger partial charge in [-0.15, -0.1) is 0 Å². The van der Waals surface area contributed by atoms with E-state index < -0.39 is 0 Å². The molecular formula is C21H22FN3O. The standard InChI is InChI=1S/C21H22FN3O/c22-20-7-5-17(6-8-20)14-24-21(26)19-9-11-25(12-10-19)15-18-3-1-16(13-23)2-4-18/h1-8,19H,9-12,14-15H2,(H,24,26). The largest absolute Gasteiger partial charge is 0.352 e. The smallest absolute Gasteiger partial charge is 0.223 e. The van der Waals surface area contributed by atoms with Gasteiger partial charge in [-0.2, -0.15) is 5.26 Å². The Kier molecular flexibility index (Phi) is 5.98. The van der Waals surface area contributed by atoms with Gasteiger partial charge in [0.05, 0.1) is 11.6 Å². The van der Waals surface area contributed by atoms with Gasteiger partial charge in [0, 0.05) is 19.0 Å². The van der Waals surface area contributed by atoms with Crippen LogP contribution < -0.4 is 5.32 Å². The minimum absolute atomic E-state index is 0.0349. The van der Waals surface area contributed by atoms with Crippen LogP contribution >= 0.6 is 0 Å². The van der Waals surface area contributed by atoms with Crippen molar-refractivity contribution in [1.82, 2.24) is 10.2 Å². The van der Waals surface area contributed by atoms with E-state index in [1.807, 2.05) is 24.3 Å². The second-order valence-electron chi connectivity index (χ2n) is 6.70. The molecule has 0 radical (unpaired) electrons. The van der Waals surface area contributed by atoms with Gasteiger partial charge in [0.1, 0.15) is 5.82 Å². The highest BCUT2D eigenvalue weighted by Gasteiger charge is 2.24. The highest BCUT2D eigenvalue weighted by atomic mass is 19.1. The van der Waals surface area contributed by atoms with Gasteiger partial charge >= 0.3 is 0 Å². The molecule has 0 atom stereocenters. The van der Waals surface area contributed by atoms with Crippen LogP contribution in [0.4, 0.5) is 4.39 Å². The van der Waals surface area contributed by atoms with Crippen molar-refractivity contribution in [3.8, 4) is 6.07 Å². The van der Waals surface area contributed by atoms with Crippen molar-refractivity contribution in [2.75, 3.05) is 13.1 Å². The monoisotopic (exact) mass is 351 g/mol. The van der Waals surface area contributed by atoms with Crippen molar-refractivity contribution >= 4 is 5.91 Å². The molecular weight excluding hydrogens is 329 g/mol. The fourth-order valence-electron chi connectivity index (χ4n) is 3.23. The van der Waals surface area contributed by atoms with Crippen molar-refractivity contribution in [2.24, 2.45) is 5.92 Å². The second-order valence-corrected chi connectivity index (χ2v) is 6.70. The number of benzene rings is 2. The van der Waals surface area contributed by atoms with Crippen LogP contribution in [0.5, 0.6) is 0 Å². The first-order valence-electron chi connectivity index (χ1n) is 8.87. The van der Waals surface area contributed by atoms with E-state index in [1.165, 1.54) is 17.7 Å². The van der Waals surface area contributed by atoms with E-state index in [0.29, 0.717) is 12.1 Å². The number of nitrogens with zero attached hydrogens (tertiary/aromatic N) is 2. The van der Waals surface area contributed by atoms with Crippen molar-refractivity contribution < 1.29 is 9.18 Å². The molecule has 0 aromatic heterocycles. The van der Waals surface area contributed by atoms with E-state index in [2.05, 4.69) is 16.3 Å². The lowest BCUT2D eigenvalue weighted by Crippen LogP contribution is -2.40. The molecule has 1 aliphatic heterocycles. The van der Waals surface area contributed by atoms with Crippen LogP contribution in [-0.2, 0) is 17.9 Å². The first-order chi connectivity index (χ1) is 12.6. The fraction of sp³-hybridized carbons (Fsp3) is 0.333. The lowest BCUT2D eigenvalue weighted by molar-refractivity contribution is -0.126. The third kappa shape index (κ3) is 4.90. The van der Waals surface area contributed by atoms with Crippen LogP contribution in [0.25, 0.3) is 0 Å². The summed E-state index contributed by atoms with van der Waals surface area (Å²) < 4.78 is 12.9. The summed E-state index contributed by atoms with van der Waals surface area (Å²) in [6.07, 6.45) is 1.68. The van der Waals surface area contributed by atoms with Crippen LogP contribution in [-0.4, -0.2) is 23.9 Å². The van der Waals surface area contributed by atoms with Crippen LogP contribution in [0.15, 0.2) is 48.5 Å². The summed E-state index contributed by atoms with van der Waals surface area (Å²) in [5, 5.41) is 11.8. The lowest BCUT2D eigenvalue weighted by atomic mass is 9.95. The average molecular weight is 351 g/mol. The maximum Gasteiger partial charge on any atom is 0.223 e. The molecule has 1 saturated heterocycles. The van der Waals surface area contributed by atoms with Crippen LogP contribution in [0.1, 0.15) is 29.5 Å². The molecule has 2 aromatic rings. The summed E-state index contributed by atoms with van der Waals surface area (Å²) in [6.45, 7) is 3.05. The van der Waals surface area contributed by atoms with Gasteiger partial charge in [-0.25, -0.2) is 4.39 Å². The molecule has 2 aromatic carbocycles. The highest BCUT2D eigenvalue weighted by Crippen LogP contribution is 2.19. The zero-order valence-electron chi connectivity index (χ0n) is 14.6. The number of hydrogen-bond donors (Lipinski definition) is 1. The number of likely N-dealkylation sites (tertiary alicyclic amines) is 1. The third-order valence-electron chi connectivity index (χ3n) is 4.83. The van der Waals surface area contributed by atoms with Crippen molar-refractivity contribution in [3.05, 3.63) is 71.0 Å². The van der Waals surface area contributed by atoms with Crippen LogP contribution in [0.2, 0.25) is 0 Å². The SMILES string of the molecule is N#Cc1ccc(CN2CCC(C(=O)NCc3ccc(F)cc3)CC2)cc1. The Labute approximate surface area is 153 Å². The Bertz CT molecular complexity index is 772. The first-order valence-corrected chi connectivity index (χ1v) is 8.87. The quantitative estimate of drug-likeness (QED) is 0.900. The van der Waals surface area contributed by atoms with Crippen molar-refractivity contribution in [2.45, 2.75) is 25.9 Å². The summed E-state index contributed by atoms with van der Waals surface area (Å²) in [5.41, 5.74) is 2.76. The van der Waals surface area contributed by atoms with E-state index in [4.69, 9.17) is 5.26 Å². The number of hydrogen-bond acceptors (Lipinski definition) is 3. The zero-order valence-corrected chi connectivity index (χ0v) is 14.6. The molecule has 1 amide bonds. The van der Waals surface area contributed by atoms with Gasteiger partial charge < -0.3 is 5.32 Å². The summed E-state index contributed by atoms with van der Waals surface area (Å²) in [7, 11) is 0. The van der Waals surface area contributed by atoms with Crippen molar-refractivity contribution in [3.63, 3.8) is 0 Å². The maximum atomic E-state index is 12.9. The third-order valence-corrected chi connectivity index (χ3v) is 4.83.